The van der Waals surface area contributed by atoms with Crippen molar-refractivity contribution in [1.29, 1.82) is 0 Å². The third kappa shape index (κ3) is 5.44. The molecule has 164 valence electrons. The lowest BCUT2D eigenvalue weighted by Crippen LogP contribution is -2.15. The number of unbranched alkanes of at least 4 members (excludes halogenated alkanes) is 3. The Balaban J connectivity index is 1.86. The van der Waals surface area contributed by atoms with Crippen molar-refractivity contribution in [3.63, 3.8) is 0 Å². The van der Waals surface area contributed by atoms with E-state index in [-0.39, 0.29) is 6.10 Å². The van der Waals surface area contributed by atoms with E-state index in [1.807, 2.05) is 0 Å². The molecule has 2 aromatic carbocycles. The van der Waals surface area contributed by atoms with Gasteiger partial charge in [0.25, 0.3) is 0 Å². The van der Waals surface area contributed by atoms with Crippen molar-refractivity contribution in [3.05, 3.63) is 48.0 Å². The summed E-state index contributed by atoms with van der Waals surface area (Å²) >= 11 is 0. The summed E-state index contributed by atoms with van der Waals surface area (Å²) in [5.74, 6) is 0.513. The molecule has 3 aromatic rings. The van der Waals surface area contributed by atoms with Crippen LogP contribution in [-0.2, 0) is 16.0 Å². The van der Waals surface area contributed by atoms with Crippen LogP contribution in [0.5, 0.6) is 0 Å². The molecule has 0 saturated heterocycles. The van der Waals surface area contributed by atoms with Gasteiger partial charge in [0.2, 0.25) is 0 Å². The standard InChI is InChI=1S/C27H39NO2/c1-5-7-8-11-16-28-26-13-10-9-12-24(26)25-20-23(14-15-27(25)28)22(6-2)19-21(3)30-18-17-29-4/h9-10,12-15,20-22H,5-8,11,16-19H2,1-4H3. The first kappa shape index (κ1) is 22.8. The predicted molar refractivity (Wildman–Crippen MR) is 129 cm³/mol. The minimum Gasteiger partial charge on any atom is -0.382 e. The Labute approximate surface area is 182 Å². The monoisotopic (exact) mass is 409 g/mol. The summed E-state index contributed by atoms with van der Waals surface area (Å²) in [5, 5.41) is 2.77. The molecule has 3 rings (SSSR count). The molecule has 0 saturated carbocycles. The van der Waals surface area contributed by atoms with E-state index in [4.69, 9.17) is 9.47 Å². The van der Waals surface area contributed by atoms with E-state index >= 15 is 0 Å². The largest absolute Gasteiger partial charge is 0.382 e. The molecule has 30 heavy (non-hydrogen) atoms. The number of rotatable bonds is 13. The maximum Gasteiger partial charge on any atom is 0.0703 e. The summed E-state index contributed by atoms with van der Waals surface area (Å²) in [6, 6.07) is 16.0. The average molecular weight is 410 g/mol. The Morgan fingerprint density at radius 3 is 2.47 bits per heavy atom. The first-order chi connectivity index (χ1) is 14.7. The van der Waals surface area contributed by atoms with Crippen LogP contribution in [0.25, 0.3) is 21.8 Å². The smallest absolute Gasteiger partial charge is 0.0703 e. The number of benzene rings is 2. The van der Waals surface area contributed by atoms with Crippen LogP contribution in [0.2, 0.25) is 0 Å². The average Bonchev–Trinajstić information content (AvgIpc) is 3.08. The Bertz CT molecular complexity index is 914. The fourth-order valence-electron chi connectivity index (χ4n) is 4.60. The van der Waals surface area contributed by atoms with Crippen molar-refractivity contribution < 1.29 is 9.47 Å². The summed E-state index contributed by atoms with van der Waals surface area (Å²) in [4.78, 5) is 0. The highest BCUT2D eigenvalue weighted by Crippen LogP contribution is 2.34. The van der Waals surface area contributed by atoms with E-state index < -0.39 is 0 Å². The molecule has 0 amide bonds. The summed E-state index contributed by atoms with van der Waals surface area (Å²) in [6.07, 6.45) is 7.56. The van der Waals surface area contributed by atoms with Gasteiger partial charge in [-0.25, -0.2) is 0 Å². The fourth-order valence-corrected chi connectivity index (χ4v) is 4.60. The fraction of sp³-hybridized carbons (Fsp3) is 0.556. The number of aromatic nitrogens is 1. The van der Waals surface area contributed by atoms with Crippen LogP contribution in [0.1, 0.15) is 70.8 Å². The lowest BCUT2D eigenvalue weighted by atomic mass is 9.90. The van der Waals surface area contributed by atoms with E-state index in [1.54, 1.807) is 7.11 Å². The minimum absolute atomic E-state index is 0.237. The second-order valence-corrected chi connectivity index (χ2v) is 8.52. The summed E-state index contributed by atoms with van der Waals surface area (Å²) in [5.41, 5.74) is 4.17. The van der Waals surface area contributed by atoms with Gasteiger partial charge in [0.15, 0.2) is 0 Å². The number of fused-ring (bicyclic) bond motifs is 3. The molecule has 0 bridgehead atoms. The van der Waals surface area contributed by atoms with Gasteiger partial charge in [-0.05, 0) is 55.9 Å². The molecule has 0 spiro atoms. The van der Waals surface area contributed by atoms with Gasteiger partial charge < -0.3 is 14.0 Å². The van der Waals surface area contributed by atoms with Gasteiger partial charge in [-0.15, -0.1) is 0 Å². The summed E-state index contributed by atoms with van der Waals surface area (Å²) in [7, 11) is 1.72. The highest BCUT2D eigenvalue weighted by Gasteiger charge is 2.17. The second kappa shape index (κ2) is 11.5. The molecule has 0 fully saturated rings. The zero-order valence-electron chi connectivity index (χ0n) is 19.3. The molecule has 1 aromatic heterocycles. The maximum absolute atomic E-state index is 5.93. The van der Waals surface area contributed by atoms with Crippen LogP contribution in [0, 0.1) is 0 Å². The van der Waals surface area contributed by atoms with Crippen molar-refractivity contribution in [2.75, 3.05) is 20.3 Å². The zero-order valence-corrected chi connectivity index (χ0v) is 19.3. The van der Waals surface area contributed by atoms with Gasteiger partial charge in [0.1, 0.15) is 0 Å². The second-order valence-electron chi connectivity index (χ2n) is 8.52. The Hall–Kier alpha value is -1.84. The summed E-state index contributed by atoms with van der Waals surface area (Å²) < 4.78 is 13.6. The molecule has 0 N–H and O–H groups in total. The predicted octanol–water partition coefficient (Wildman–Crippen LogP) is 7.31. The Morgan fingerprint density at radius 2 is 1.70 bits per heavy atom. The Morgan fingerprint density at radius 1 is 0.900 bits per heavy atom. The molecule has 0 radical (unpaired) electrons. The summed E-state index contributed by atoms with van der Waals surface area (Å²) in [6.45, 7) is 9.16. The van der Waals surface area contributed by atoms with E-state index in [1.165, 1.54) is 53.1 Å². The first-order valence-corrected chi connectivity index (χ1v) is 11.8. The number of ether oxygens (including phenoxy) is 2. The molecule has 3 nitrogen and oxygen atoms in total. The van der Waals surface area contributed by atoms with Crippen molar-refractivity contribution in [2.45, 2.75) is 77.9 Å². The van der Waals surface area contributed by atoms with Crippen LogP contribution in [0.15, 0.2) is 42.5 Å². The van der Waals surface area contributed by atoms with Gasteiger partial charge in [-0.3, -0.25) is 0 Å². The number of nitrogens with zero attached hydrogens (tertiary/aromatic N) is 1. The van der Waals surface area contributed by atoms with Crippen molar-refractivity contribution in [3.8, 4) is 0 Å². The molecule has 3 heteroatoms. The van der Waals surface area contributed by atoms with Gasteiger partial charge in [-0.2, -0.15) is 0 Å². The lowest BCUT2D eigenvalue weighted by molar-refractivity contribution is 0.0191. The molecular formula is C27H39NO2. The van der Waals surface area contributed by atoms with Crippen LogP contribution in [0.3, 0.4) is 0 Å². The molecular weight excluding hydrogens is 370 g/mol. The van der Waals surface area contributed by atoms with Crippen LogP contribution in [0.4, 0.5) is 0 Å². The van der Waals surface area contributed by atoms with Crippen molar-refractivity contribution >= 4 is 21.8 Å². The van der Waals surface area contributed by atoms with E-state index in [2.05, 4.69) is 67.8 Å². The number of para-hydroxylation sites is 1. The topological polar surface area (TPSA) is 23.4 Å². The highest BCUT2D eigenvalue weighted by atomic mass is 16.5. The van der Waals surface area contributed by atoms with Gasteiger partial charge in [-0.1, -0.05) is 57.4 Å². The van der Waals surface area contributed by atoms with Gasteiger partial charge in [0.05, 0.1) is 19.3 Å². The van der Waals surface area contributed by atoms with E-state index in [0.717, 1.165) is 19.4 Å². The first-order valence-electron chi connectivity index (χ1n) is 11.8. The zero-order chi connectivity index (χ0) is 21.3. The number of hydrogen-bond donors (Lipinski definition) is 0. The van der Waals surface area contributed by atoms with Crippen LogP contribution >= 0.6 is 0 Å². The van der Waals surface area contributed by atoms with Crippen LogP contribution < -0.4 is 0 Å². The third-order valence-corrected chi connectivity index (χ3v) is 6.30. The molecule has 2 unspecified atom stereocenters. The molecule has 0 aliphatic heterocycles. The SMILES string of the molecule is CCCCCCn1c2ccccc2c2cc(C(CC)CC(C)OCCOC)ccc21. The number of aryl methyl sites for hydroxylation is 1. The van der Waals surface area contributed by atoms with Crippen molar-refractivity contribution in [2.24, 2.45) is 0 Å². The third-order valence-electron chi connectivity index (χ3n) is 6.30. The Kier molecular flexibility index (Phi) is 8.77. The maximum atomic E-state index is 5.93. The number of methoxy groups -OCH3 is 1. The lowest BCUT2D eigenvalue weighted by Gasteiger charge is -2.21. The molecule has 2 atom stereocenters. The van der Waals surface area contributed by atoms with E-state index in [9.17, 15) is 0 Å². The highest BCUT2D eigenvalue weighted by molar-refractivity contribution is 6.08. The molecule has 0 aliphatic rings. The number of hydrogen-bond acceptors (Lipinski definition) is 2. The van der Waals surface area contributed by atoms with E-state index in [0.29, 0.717) is 19.1 Å². The van der Waals surface area contributed by atoms with Gasteiger partial charge in [0, 0.05) is 35.5 Å². The van der Waals surface area contributed by atoms with Crippen LogP contribution in [-0.4, -0.2) is 31.0 Å². The molecule has 1 heterocycles. The molecule has 0 aliphatic carbocycles. The minimum atomic E-state index is 0.237. The quantitative estimate of drug-likeness (QED) is 0.276. The van der Waals surface area contributed by atoms with Crippen molar-refractivity contribution in [1.82, 2.24) is 4.57 Å². The normalized spacial score (nSPS) is 13.9. The van der Waals surface area contributed by atoms with Gasteiger partial charge >= 0.3 is 0 Å².